The van der Waals surface area contributed by atoms with Crippen LogP contribution in [-0.2, 0) is 4.65 Å². The standard InChI is InChI=1S/C11H15BClNO4/c13-7-4-8-10(6-14)18-12(16)11(8)9(5-7)17-3-1-2-15/h4-5,10,15-16H,1-3,6,14H2. The van der Waals surface area contributed by atoms with E-state index < -0.39 is 7.12 Å². The second-order valence-electron chi connectivity index (χ2n) is 4.05. The normalized spacial score (nSPS) is 18.0. The van der Waals surface area contributed by atoms with Crippen molar-refractivity contribution in [2.45, 2.75) is 12.5 Å². The highest BCUT2D eigenvalue weighted by Crippen LogP contribution is 2.30. The second kappa shape index (κ2) is 5.90. The zero-order chi connectivity index (χ0) is 13.1. The van der Waals surface area contributed by atoms with Crippen LogP contribution in [0.25, 0.3) is 0 Å². The average Bonchev–Trinajstić information content (AvgIpc) is 2.66. The molecular formula is C11H15BClNO4. The molecule has 0 radical (unpaired) electrons. The zero-order valence-corrected chi connectivity index (χ0v) is 10.6. The zero-order valence-electron chi connectivity index (χ0n) is 9.80. The number of hydrogen-bond donors (Lipinski definition) is 3. The molecule has 1 atom stereocenters. The summed E-state index contributed by atoms with van der Waals surface area (Å²) in [6, 6.07) is 3.35. The first-order chi connectivity index (χ1) is 8.67. The van der Waals surface area contributed by atoms with Gasteiger partial charge in [0.25, 0.3) is 0 Å². The van der Waals surface area contributed by atoms with Crippen molar-refractivity contribution in [3.63, 3.8) is 0 Å². The van der Waals surface area contributed by atoms with Gasteiger partial charge in [-0.15, -0.1) is 0 Å². The van der Waals surface area contributed by atoms with E-state index in [0.29, 0.717) is 29.3 Å². The number of ether oxygens (including phenoxy) is 1. The van der Waals surface area contributed by atoms with Gasteiger partial charge in [-0.05, 0) is 17.7 Å². The second-order valence-corrected chi connectivity index (χ2v) is 4.48. The summed E-state index contributed by atoms with van der Waals surface area (Å²) in [4.78, 5) is 0. The molecule has 5 nitrogen and oxygen atoms in total. The fourth-order valence-corrected chi connectivity index (χ4v) is 2.21. The Morgan fingerprint density at radius 2 is 2.28 bits per heavy atom. The first kappa shape index (κ1) is 13.6. The van der Waals surface area contributed by atoms with Crippen molar-refractivity contribution in [2.24, 2.45) is 5.73 Å². The summed E-state index contributed by atoms with van der Waals surface area (Å²) in [6.45, 7) is 0.664. The lowest BCUT2D eigenvalue weighted by atomic mass is 9.78. The van der Waals surface area contributed by atoms with Crippen molar-refractivity contribution >= 4 is 24.2 Å². The van der Waals surface area contributed by atoms with E-state index in [-0.39, 0.29) is 19.3 Å². The summed E-state index contributed by atoms with van der Waals surface area (Å²) >= 11 is 6.00. The van der Waals surface area contributed by atoms with Crippen LogP contribution < -0.4 is 15.9 Å². The number of halogens is 1. The molecule has 1 unspecified atom stereocenters. The summed E-state index contributed by atoms with van der Waals surface area (Å²) in [5.41, 5.74) is 6.92. The molecule has 1 aromatic rings. The molecule has 1 aliphatic rings. The molecule has 0 aliphatic carbocycles. The van der Waals surface area contributed by atoms with E-state index in [2.05, 4.69) is 0 Å². The van der Waals surface area contributed by atoms with Gasteiger partial charge >= 0.3 is 7.12 Å². The molecule has 1 aromatic carbocycles. The Balaban J connectivity index is 2.30. The third-order valence-electron chi connectivity index (χ3n) is 2.80. The Morgan fingerprint density at radius 3 is 2.94 bits per heavy atom. The van der Waals surface area contributed by atoms with E-state index in [1.54, 1.807) is 12.1 Å². The topological polar surface area (TPSA) is 84.9 Å². The van der Waals surface area contributed by atoms with Crippen molar-refractivity contribution in [1.29, 1.82) is 0 Å². The van der Waals surface area contributed by atoms with Crippen LogP contribution in [0.15, 0.2) is 12.1 Å². The van der Waals surface area contributed by atoms with Gasteiger partial charge in [0.2, 0.25) is 0 Å². The number of rotatable bonds is 5. The number of hydrogen-bond acceptors (Lipinski definition) is 5. The minimum absolute atomic E-state index is 0.0488. The number of nitrogens with two attached hydrogens (primary N) is 1. The average molecular weight is 272 g/mol. The van der Waals surface area contributed by atoms with Crippen molar-refractivity contribution in [1.82, 2.24) is 0 Å². The highest BCUT2D eigenvalue weighted by atomic mass is 35.5. The van der Waals surface area contributed by atoms with E-state index in [1.165, 1.54) is 0 Å². The highest BCUT2D eigenvalue weighted by molar-refractivity contribution is 6.63. The van der Waals surface area contributed by atoms with Crippen LogP contribution >= 0.6 is 11.6 Å². The molecule has 1 heterocycles. The van der Waals surface area contributed by atoms with Crippen molar-refractivity contribution in [2.75, 3.05) is 19.8 Å². The van der Waals surface area contributed by atoms with Gasteiger partial charge < -0.3 is 25.3 Å². The predicted molar refractivity (Wildman–Crippen MR) is 69.1 cm³/mol. The van der Waals surface area contributed by atoms with Crippen molar-refractivity contribution in [3.05, 3.63) is 22.7 Å². The van der Waals surface area contributed by atoms with Crippen molar-refractivity contribution < 1.29 is 19.5 Å². The van der Waals surface area contributed by atoms with Crippen LogP contribution in [0.3, 0.4) is 0 Å². The third-order valence-corrected chi connectivity index (χ3v) is 3.02. The molecule has 0 fully saturated rings. The third kappa shape index (κ3) is 2.63. The van der Waals surface area contributed by atoms with E-state index in [4.69, 9.17) is 31.8 Å². The monoisotopic (exact) mass is 271 g/mol. The minimum Gasteiger partial charge on any atom is -0.494 e. The van der Waals surface area contributed by atoms with Crippen LogP contribution in [-0.4, -0.2) is 37.0 Å². The molecule has 0 bridgehead atoms. The molecule has 4 N–H and O–H groups in total. The summed E-state index contributed by atoms with van der Waals surface area (Å²) in [7, 11) is -1.05. The lowest BCUT2D eigenvalue weighted by molar-refractivity contribution is 0.198. The fraction of sp³-hybridized carbons (Fsp3) is 0.455. The fourth-order valence-electron chi connectivity index (χ4n) is 1.99. The Kier molecular flexibility index (Phi) is 4.47. The SMILES string of the molecule is NCC1OB(O)c2c(OCCCO)cc(Cl)cc21. The molecule has 0 saturated carbocycles. The number of fused-ring (bicyclic) bond motifs is 1. The lowest BCUT2D eigenvalue weighted by Gasteiger charge is -2.12. The van der Waals surface area contributed by atoms with Gasteiger partial charge in [-0.1, -0.05) is 11.6 Å². The van der Waals surface area contributed by atoms with Gasteiger partial charge in [-0.2, -0.15) is 0 Å². The number of benzene rings is 1. The molecule has 7 heteroatoms. The first-order valence-corrected chi connectivity index (χ1v) is 6.15. The molecular weight excluding hydrogens is 256 g/mol. The lowest BCUT2D eigenvalue weighted by Crippen LogP contribution is -2.30. The summed E-state index contributed by atoms with van der Waals surface area (Å²) in [6.07, 6.45) is 0.146. The van der Waals surface area contributed by atoms with Gasteiger partial charge in [-0.25, -0.2) is 0 Å². The van der Waals surface area contributed by atoms with Crippen LogP contribution in [0, 0.1) is 0 Å². The summed E-state index contributed by atoms with van der Waals surface area (Å²) in [5, 5.41) is 19.1. The smallest absolute Gasteiger partial charge is 0.494 e. The summed E-state index contributed by atoms with van der Waals surface area (Å²) in [5.74, 6) is 0.481. The largest absolute Gasteiger partial charge is 0.495 e. The van der Waals surface area contributed by atoms with Gasteiger partial charge in [-0.3, -0.25) is 0 Å². The van der Waals surface area contributed by atoms with E-state index in [9.17, 15) is 5.02 Å². The Bertz CT molecular complexity index is 432. The first-order valence-electron chi connectivity index (χ1n) is 5.78. The van der Waals surface area contributed by atoms with Crippen LogP contribution in [0.2, 0.25) is 5.02 Å². The van der Waals surface area contributed by atoms with Gasteiger partial charge in [0.1, 0.15) is 5.75 Å². The minimum atomic E-state index is -1.05. The summed E-state index contributed by atoms with van der Waals surface area (Å²) < 4.78 is 10.8. The maximum atomic E-state index is 9.86. The molecule has 0 saturated heterocycles. The van der Waals surface area contributed by atoms with E-state index in [1.807, 2.05) is 0 Å². The molecule has 0 aromatic heterocycles. The van der Waals surface area contributed by atoms with Gasteiger partial charge in [0, 0.05) is 30.1 Å². The molecule has 0 spiro atoms. The van der Waals surface area contributed by atoms with E-state index >= 15 is 0 Å². The maximum absolute atomic E-state index is 9.86. The Hall–Kier alpha value is -0.785. The van der Waals surface area contributed by atoms with Crippen LogP contribution in [0.5, 0.6) is 5.75 Å². The molecule has 98 valence electrons. The quantitative estimate of drug-likeness (QED) is 0.511. The van der Waals surface area contributed by atoms with Gasteiger partial charge in [0.05, 0.1) is 12.7 Å². The molecule has 2 rings (SSSR count). The highest BCUT2D eigenvalue weighted by Gasteiger charge is 2.37. The van der Waals surface area contributed by atoms with Gasteiger partial charge in [0.15, 0.2) is 0 Å². The Morgan fingerprint density at radius 1 is 1.50 bits per heavy atom. The molecule has 18 heavy (non-hydrogen) atoms. The van der Waals surface area contributed by atoms with Crippen LogP contribution in [0.1, 0.15) is 18.1 Å². The number of aliphatic hydroxyl groups excluding tert-OH is 1. The maximum Gasteiger partial charge on any atom is 0.495 e. The number of aliphatic hydroxyl groups is 1. The van der Waals surface area contributed by atoms with Crippen LogP contribution in [0.4, 0.5) is 0 Å². The predicted octanol–water partition coefficient (Wildman–Crippen LogP) is -0.181. The van der Waals surface area contributed by atoms with E-state index in [0.717, 1.165) is 5.56 Å². The Labute approximate surface area is 111 Å². The molecule has 0 amide bonds. The molecule has 1 aliphatic heterocycles. The van der Waals surface area contributed by atoms with Crippen molar-refractivity contribution in [3.8, 4) is 5.75 Å².